The van der Waals surface area contributed by atoms with Gasteiger partial charge < -0.3 is 5.32 Å². The van der Waals surface area contributed by atoms with Gasteiger partial charge in [0.2, 0.25) is 0 Å². The molecule has 0 heterocycles. The summed E-state index contributed by atoms with van der Waals surface area (Å²) in [6.07, 6.45) is 0.594. The van der Waals surface area contributed by atoms with Gasteiger partial charge in [-0.15, -0.1) is 12.4 Å². The topological polar surface area (TPSA) is 12.0 Å². The third kappa shape index (κ3) is 4.91. The Balaban J connectivity index is 0.00000289. The Hall–Kier alpha value is -0.530. The summed E-state index contributed by atoms with van der Waals surface area (Å²) in [4.78, 5) is 0. The predicted molar refractivity (Wildman–Crippen MR) is 60.5 cm³/mol. The lowest BCUT2D eigenvalue weighted by Crippen LogP contribution is -2.27. The van der Waals surface area contributed by atoms with Crippen molar-refractivity contribution in [3.8, 4) is 0 Å². The first kappa shape index (κ1) is 6.05. The molecule has 1 atom stereocenters. The van der Waals surface area contributed by atoms with Crippen LogP contribution in [0.25, 0.3) is 0 Å². The zero-order valence-electron chi connectivity index (χ0n) is 12.6. The lowest BCUT2D eigenvalue weighted by Gasteiger charge is -2.11. The SMILES string of the molecule is Cl.[2H]C([2H])([2H])C([2H])([2H])N[C@H](C)Cc1ccccc1. The van der Waals surface area contributed by atoms with Gasteiger partial charge in [0.05, 0.1) is 0 Å². The van der Waals surface area contributed by atoms with E-state index in [0.717, 1.165) is 5.56 Å². The van der Waals surface area contributed by atoms with Crippen LogP contribution in [-0.4, -0.2) is 12.5 Å². The molecule has 0 spiro atoms. The van der Waals surface area contributed by atoms with E-state index in [4.69, 9.17) is 6.85 Å². The first-order valence-corrected chi connectivity index (χ1v) is 4.04. The van der Waals surface area contributed by atoms with Crippen molar-refractivity contribution in [1.29, 1.82) is 0 Å². The van der Waals surface area contributed by atoms with E-state index in [1.165, 1.54) is 0 Å². The van der Waals surface area contributed by atoms with E-state index in [1.807, 2.05) is 30.3 Å². The Labute approximate surface area is 94.0 Å². The Morgan fingerprint density at radius 2 is 2.15 bits per heavy atom. The van der Waals surface area contributed by atoms with Gasteiger partial charge in [-0.3, -0.25) is 0 Å². The molecule has 1 N–H and O–H groups in total. The number of nitrogens with one attached hydrogen (secondary N) is 1. The molecule has 2 heteroatoms. The molecule has 1 aromatic carbocycles. The van der Waals surface area contributed by atoms with Gasteiger partial charge in [-0.25, -0.2) is 0 Å². The Morgan fingerprint density at radius 3 is 2.77 bits per heavy atom. The van der Waals surface area contributed by atoms with Gasteiger partial charge in [-0.1, -0.05) is 37.2 Å². The van der Waals surface area contributed by atoms with Gasteiger partial charge in [-0.05, 0) is 25.4 Å². The Kier molecular flexibility index (Phi) is 3.22. The van der Waals surface area contributed by atoms with Gasteiger partial charge in [0.15, 0.2) is 0 Å². The quantitative estimate of drug-likeness (QED) is 0.796. The highest BCUT2D eigenvalue weighted by molar-refractivity contribution is 5.85. The van der Waals surface area contributed by atoms with E-state index in [-0.39, 0.29) is 18.4 Å². The van der Waals surface area contributed by atoms with Crippen LogP contribution in [0, 0.1) is 0 Å². The minimum atomic E-state index is -2.65. The van der Waals surface area contributed by atoms with E-state index in [0.29, 0.717) is 6.42 Å². The van der Waals surface area contributed by atoms with Gasteiger partial charge in [0.1, 0.15) is 0 Å². The zero-order valence-corrected chi connectivity index (χ0v) is 8.40. The van der Waals surface area contributed by atoms with Crippen LogP contribution in [0.3, 0.4) is 0 Å². The fourth-order valence-corrected chi connectivity index (χ4v) is 1.14. The molecule has 0 aliphatic carbocycles. The average molecular weight is 205 g/mol. The van der Waals surface area contributed by atoms with Crippen molar-refractivity contribution in [2.24, 2.45) is 0 Å². The van der Waals surface area contributed by atoms with E-state index < -0.39 is 13.3 Å². The molecule has 0 bridgehead atoms. The second kappa shape index (κ2) is 6.93. The smallest absolute Gasteiger partial charge is 0.0425 e. The van der Waals surface area contributed by atoms with Crippen molar-refractivity contribution in [3.63, 3.8) is 0 Å². The van der Waals surface area contributed by atoms with Crippen LogP contribution in [0.4, 0.5) is 0 Å². The van der Waals surface area contributed by atoms with Crippen LogP contribution in [0.2, 0.25) is 0 Å². The van der Waals surface area contributed by atoms with Crippen LogP contribution in [0.15, 0.2) is 30.3 Å². The third-order valence-corrected chi connectivity index (χ3v) is 1.70. The highest BCUT2D eigenvalue weighted by Gasteiger charge is 1.99. The molecular formula is C11H18ClN. The molecule has 0 fully saturated rings. The first-order chi connectivity index (χ1) is 7.72. The fraction of sp³-hybridized carbons (Fsp3) is 0.455. The maximum atomic E-state index is 7.47. The maximum Gasteiger partial charge on any atom is 0.0425 e. The van der Waals surface area contributed by atoms with Crippen LogP contribution >= 0.6 is 12.4 Å². The molecule has 0 aliphatic heterocycles. The summed E-state index contributed by atoms with van der Waals surface area (Å²) in [5.41, 5.74) is 1.05. The van der Waals surface area contributed by atoms with Crippen molar-refractivity contribution >= 4 is 12.4 Å². The standard InChI is InChI=1S/C11H17N.ClH/c1-3-12-10(2)9-11-7-5-4-6-8-11;/h4-8,10,12H,3,9H2,1-2H3;1H/t10-;/m1./s1/i1D3,3D2;. The number of likely N-dealkylation sites (N-methyl/N-ethyl adjacent to an activating group) is 1. The summed E-state index contributed by atoms with van der Waals surface area (Å²) in [6, 6.07) is 9.34. The first-order valence-electron chi connectivity index (χ1n) is 6.54. The van der Waals surface area contributed by atoms with Crippen LogP contribution in [-0.2, 0) is 6.42 Å². The molecule has 0 aromatic heterocycles. The minimum absolute atomic E-state index is 0. The molecule has 0 amide bonds. The lowest BCUT2D eigenvalue weighted by molar-refractivity contribution is 0.565. The van der Waals surface area contributed by atoms with E-state index >= 15 is 0 Å². The molecule has 13 heavy (non-hydrogen) atoms. The highest BCUT2D eigenvalue weighted by atomic mass is 35.5. The number of halogens is 1. The predicted octanol–water partition coefficient (Wildman–Crippen LogP) is 2.65. The van der Waals surface area contributed by atoms with Crippen molar-refractivity contribution in [3.05, 3.63) is 35.9 Å². The molecule has 74 valence electrons. The summed E-state index contributed by atoms with van der Waals surface area (Å²) in [5, 5.41) is 2.52. The second-order valence-corrected chi connectivity index (χ2v) is 2.86. The van der Waals surface area contributed by atoms with Gasteiger partial charge in [-0.2, -0.15) is 0 Å². The molecule has 0 radical (unpaired) electrons. The molecule has 0 saturated heterocycles. The summed E-state index contributed by atoms with van der Waals surface area (Å²) in [5.74, 6) is 0. The van der Waals surface area contributed by atoms with Crippen molar-refractivity contribution in [2.45, 2.75) is 26.2 Å². The Bertz CT molecular complexity index is 352. The fourth-order valence-electron chi connectivity index (χ4n) is 1.14. The molecule has 1 rings (SSSR count). The molecule has 0 saturated carbocycles. The molecular weight excluding hydrogens is 182 g/mol. The van der Waals surface area contributed by atoms with Gasteiger partial charge in [0.25, 0.3) is 0 Å². The number of hydrogen-bond donors (Lipinski definition) is 1. The van der Waals surface area contributed by atoms with Crippen molar-refractivity contribution in [1.82, 2.24) is 5.32 Å². The third-order valence-electron chi connectivity index (χ3n) is 1.70. The number of benzene rings is 1. The molecule has 0 unspecified atom stereocenters. The Morgan fingerprint density at radius 1 is 1.46 bits per heavy atom. The summed E-state index contributed by atoms with van der Waals surface area (Å²) < 4.78 is 36.2. The van der Waals surface area contributed by atoms with Crippen molar-refractivity contribution in [2.75, 3.05) is 6.50 Å². The summed E-state index contributed by atoms with van der Waals surface area (Å²) >= 11 is 0. The number of hydrogen-bond acceptors (Lipinski definition) is 1. The molecule has 1 aromatic rings. The van der Waals surface area contributed by atoms with Crippen LogP contribution in [0.5, 0.6) is 0 Å². The summed E-state index contributed by atoms with van der Waals surface area (Å²) in [7, 11) is 0. The number of rotatable bonds is 4. The average Bonchev–Trinajstić information content (AvgIpc) is 2.16. The van der Waals surface area contributed by atoms with Gasteiger partial charge >= 0.3 is 0 Å². The summed E-state index contributed by atoms with van der Waals surface area (Å²) in [6.45, 7) is -3.24. The monoisotopic (exact) mass is 204 g/mol. The molecule has 0 aliphatic rings. The van der Waals surface area contributed by atoms with Gasteiger partial charge in [0, 0.05) is 12.9 Å². The normalized spacial score (nSPS) is 19.6. The molecule has 1 nitrogen and oxygen atoms in total. The van der Waals surface area contributed by atoms with Crippen LogP contribution < -0.4 is 5.32 Å². The maximum absolute atomic E-state index is 7.47. The van der Waals surface area contributed by atoms with E-state index in [2.05, 4.69) is 5.32 Å². The van der Waals surface area contributed by atoms with Crippen molar-refractivity contribution < 1.29 is 6.85 Å². The second-order valence-electron chi connectivity index (χ2n) is 2.86. The van der Waals surface area contributed by atoms with E-state index in [1.54, 1.807) is 6.92 Å². The lowest BCUT2D eigenvalue weighted by atomic mass is 10.1. The highest BCUT2D eigenvalue weighted by Crippen LogP contribution is 2.01. The zero-order chi connectivity index (χ0) is 13.1. The van der Waals surface area contributed by atoms with E-state index in [9.17, 15) is 0 Å². The largest absolute Gasteiger partial charge is 0.314 e. The minimum Gasteiger partial charge on any atom is -0.314 e. The van der Waals surface area contributed by atoms with Crippen LogP contribution in [0.1, 0.15) is 26.2 Å².